The molecule has 1 saturated carbocycles. The van der Waals surface area contributed by atoms with Crippen LogP contribution in [-0.4, -0.2) is 9.17 Å². The van der Waals surface area contributed by atoms with Crippen molar-refractivity contribution in [3.8, 4) is 0 Å². The van der Waals surface area contributed by atoms with Gasteiger partial charge in [0.25, 0.3) is 0 Å². The molecule has 1 unspecified atom stereocenters. The smallest absolute Gasteiger partial charge is 0.176 e. The number of allylic oxidation sites excluding steroid dienone is 3. The van der Waals surface area contributed by atoms with Crippen LogP contribution in [0.3, 0.4) is 0 Å². The standard InChI is InChI=1S/C12H10INO/c1-6-10-9-5-8(9)7-3-2-4-13-11(7)12(10)15-14-6/h2-4,8-9H,5H2,1H3/t8?,9-/m1/s1. The lowest BCUT2D eigenvalue weighted by Crippen LogP contribution is -2.00. The lowest BCUT2D eigenvalue weighted by molar-refractivity contribution is 0.406. The van der Waals surface area contributed by atoms with Gasteiger partial charge in [0.15, 0.2) is 5.76 Å². The van der Waals surface area contributed by atoms with E-state index in [-0.39, 0.29) is 20.7 Å². The maximum absolute atomic E-state index is 5.52. The second-order valence-electron chi connectivity index (χ2n) is 4.32. The minimum absolute atomic E-state index is 0.0113. The highest BCUT2D eigenvalue weighted by atomic mass is 127. The molecule has 1 fully saturated rings. The zero-order valence-corrected chi connectivity index (χ0v) is 10.5. The Balaban J connectivity index is 2.06. The Bertz CT molecular complexity index is 550. The predicted molar refractivity (Wildman–Crippen MR) is 68.2 cm³/mol. The Morgan fingerprint density at radius 3 is 3.33 bits per heavy atom. The normalized spacial score (nSPS) is 30.5. The molecule has 3 heteroatoms. The molecule has 0 saturated heterocycles. The molecule has 15 heavy (non-hydrogen) atoms. The number of rotatable bonds is 0. The summed E-state index contributed by atoms with van der Waals surface area (Å²) in [4.78, 5) is 0. The molecule has 4 rings (SSSR count). The van der Waals surface area contributed by atoms with Crippen LogP contribution in [-0.2, 0) is 0 Å². The molecule has 0 aromatic carbocycles. The van der Waals surface area contributed by atoms with E-state index in [0.29, 0.717) is 0 Å². The number of hydrogen-bond acceptors (Lipinski definition) is 2. The highest BCUT2D eigenvalue weighted by Gasteiger charge is 2.49. The molecule has 3 aliphatic rings. The van der Waals surface area contributed by atoms with Crippen LogP contribution in [0.1, 0.15) is 29.4 Å². The van der Waals surface area contributed by atoms with E-state index in [9.17, 15) is 0 Å². The summed E-state index contributed by atoms with van der Waals surface area (Å²) in [5.41, 5.74) is 4.09. The van der Waals surface area contributed by atoms with Crippen molar-refractivity contribution in [1.82, 2.24) is 5.16 Å². The minimum atomic E-state index is 0.0113. The summed E-state index contributed by atoms with van der Waals surface area (Å²) in [5, 5.41) is 4.14. The number of nitrogens with zero attached hydrogens (tertiary/aromatic N) is 1. The third kappa shape index (κ3) is 0.994. The summed E-state index contributed by atoms with van der Waals surface area (Å²) in [6, 6.07) is 0. The van der Waals surface area contributed by atoms with Crippen molar-refractivity contribution in [2.75, 3.05) is 0 Å². The second-order valence-corrected chi connectivity index (χ2v) is 6.74. The summed E-state index contributed by atoms with van der Waals surface area (Å²) in [6.45, 7) is 2.07. The molecule has 0 amide bonds. The first kappa shape index (κ1) is 8.44. The van der Waals surface area contributed by atoms with E-state index < -0.39 is 0 Å². The van der Waals surface area contributed by atoms with Gasteiger partial charge >= 0.3 is 0 Å². The van der Waals surface area contributed by atoms with E-state index >= 15 is 0 Å². The van der Waals surface area contributed by atoms with Gasteiger partial charge in [-0.3, -0.25) is 0 Å². The number of halogens is 1. The molecule has 0 radical (unpaired) electrons. The first-order valence-corrected chi connectivity index (χ1v) is 7.52. The third-order valence-electron chi connectivity index (χ3n) is 3.44. The summed E-state index contributed by atoms with van der Waals surface area (Å²) in [6.07, 6.45) is 5.81. The molecule has 1 aromatic rings. The van der Waals surface area contributed by atoms with E-state index in [2.05, 4.69) is 28.2 Å². The van der Waals surface area contributed by atoms with E-state index in [1.54, 1.807) is 5.57 Å². The summed E-state index contributed by atoms with van der Waals surface area (Å²) in [5.74, 6) is 2.63. The van der Waals surface area contributed by atoms with Crippen LogP contribution in [0.15, 0.2) is 22.2 Å². The van der Waals surface area contributed by atoms with Crippen LogP contribution >= 0.6 is 20.7 Å². The van der Waals surface area contributed by atoms with Gasteiger partial charge in [0.2, 0.25) is 0 Å². The SMILES string of the molecule is Cc1noc2c1[C@@H]1CC1C1=C2I=CC=C1. The maximum atomic E-state index is 5.52. The van der Waals surface area contributed by atoms with Crippen molar-refractivity contribution in [3.63, 3.8) is 0 Å². The van der Waals surface area contributed by atoms with Crippen LogP contribution in [0.25, 0.3) is 3.58 Å². The molecule has 76 valence electrons. The molecule has 0 N–H and O–H groups in total. The van der Waals surface area contributed by atoms with Gasteiger partial charge in [-0.2, -0.15) is 0 Å². The summed E-state index contributed by atoms with van der Waals surface area (Å²) >= 11 is 0.0113. The van der Waals surface area contributed by atoms with Gasteiger partial charge in [0.1, 0.15) is 0 Å². The number of aromatic nitrogens is 1. The fourth-order valence-electron chi connectivity index (χ4n) is 2.67. The van der Waals surface area contributed by atoms with Crippen LogP contribution in [0.5, 0.6) is 0 Å². The molecule has 1 aliphatic heterocycles. The molecular weight excluding hydrogens is 301 g/mol. The molecule has 2 atom stereocenters. The fraction of sp³-hybridized carbons (Fsp3) is 0.333. The first-order valence-electron chi connectivity index (χ1n) is 5.20. The third-order valence-corrected chi connectivity index (χ3v) is 5.95. The quantitative estimate of drug-likeness (QED) is 0.688. The van der Waals surface area contributed by atoms with Crippen LogP contribution in [0.4, 0.5) is 0 Å². The van der Waals surface area contributed by atoms with Crippen molar-refractivity contribution in [2.45, 2.75) is 19.3 Å². The molecule has 1 aromatic heterocycles. The first-order chi connectivity index (χ1) is 7.36. The van der Waals surface area contributed by atoms with Gasteiger partial charge in [0, 0.05) is 5.56 Å². The molecule has 2 nitrogen and oxygen atoms in total. The van der Waals surface area contributed by atoms with Crippen LogP contribution in [0.2, 0.25) is 0 Å². The highest BCUT2D eigenvalue weighted by Crippen LogP contribution is 2.61. The summed E-state index contributed by atoms with van der Waals surface area (Å²) < 4.78 is 9.32. The van der Waals surface area contributed by atoms with Crippen molar-refractivity contribution >= 4 is 28.3 Å². The average Bonchev–Trinajstić information content (AvgIpc) is 2.97. The van der Waals surface area contributed by atoms with Gasteiger partial charge in [-0.05, 0) is 34.8 Å². The Morgan fingerprint density at radius 1 is 1.47 bits per heavy atom. The van der Waals surface area contributed by atoms with E-state index in [0.717, 1.165) is 23.3 Å². The van der Waals surface area contributed by atoms with E-state index in [1.807, 2.05) is 0 Å². The fourth-order valence-corrected chi connectivity index (χ4v) is 5.06. The Hall–Kier alpha value is -0.710. The molecule has 0 spiro atoms. The molecular formula is C12H10INO. The average molecular weight is 311 g/mol. The van der Waals surface area contributed by atoms with Crippen LogP contribution in [0, 0.1) is 12.8 Å². The van der Waals surface area contributed by atoms with Gasteiger partial charge in [0.05, 0.1) is 9.27 Å². The zero-order chi connectivity index (χ0) is 9.99. The topological polar surface area (TPSA) is 26.0 Å². The van der Waals surface area contributed by atoms with Crippen molar-refractivity contribution in [3.05, 3.63) is 34.7 Å². The number of aryl methyl sites for hydroxylation is 1. The predicted octanol–water partition coefficient (Wildman–Crippen LogP) is 3.15. The minimum Gasteiger partial charge on any atom is -0.355 e. The van der Waals surface area contributed by atoms with Crippen LogP contribution < -0.4 is 0 Å². The molecule has 0 bridgehead atoms. The van der Waals surface area contributed by atoms with Gasteiger partial charge in [-0.25, -0.2) is 0 Å². The lowest BCUT2D eigenvalue weighted by Gasteiger charge is -2.15. The van der Waals surface area contributed by atoms with Gasteiger partial charge < -0.3 is 4.52 Å². The largest absolute Gasteiger partial charge is 0.355 e. The maximum Gasteiger partial charge on any atom is 0.176 e. The molecule has 2 heterocycles. The van der Waals surface area contributed by atoms with E-state index in [4.69, 9.17) is 4.52 Å². The van der Waals surface area contributed by atoms with Crippen molar-refractivity contribution in [2.24, 2.45) is 5.92 Å². The van der Waals surface area contributed by atoms with Gasteiger partial charge in [-0.15, -0.1) is 0 Å². The summed E-state index contributed by atoms with van der Waals surface area (Å²) in [7, 11) is 0. The number of fused-ring (bicyclic) bond motifs is 5. The lowest BCUT2D eigenvalue weighted by atomic mass is 9.96. The van der Waals surface area contributed by atoms with Crippen molar-refractivity contribution in [1.29, 1.82) is 0 Å². The monoisotopic (exact) mass is 311 g/mol. The Morgan fingerprint density at radius 2 is 2.40 bits per heavy atom. The molecule has 2 aliphatic carbocycles. The van der Waals surface area contributed by atoms with Gasteiger partial charge in [-0.1, -0.05) is 38.0 Å². The second kappa shape index (κ2) is 2.70. The van der Waals surface area contributed by atoms with Crippen molar-refractivity contribution < 1.29 is 4.52 Å². The Kier molecular flexibility index (Phi) is 1.52. The number of hydrogen-bond donors (Lipinski definition) is 0. The highest BCUT2D eigenvalue weighted by molar-refractivity contribution is 14.2. The van der Waals surface area contributed by atoms with E-state index in [1.165, 1.54) is 15.6 Å². The Labute approximate surface area is 97.8 Å². The zero-order valence-electron chi connectivity index (χ0n) is 8.33.